The van der Waals surface area contributed by atoms with Crippen molar-refractivity contribution in [2.45, 2.75) is 6.54 Å². The molecule has 0 bridgehead atoms. The fourth-order valence-corrected chi connectivity index (χ4v) is 1.93. The summed E-state index contributed by atoms with van der Waals surface area (Å²) in [6, 6.07) is 7.96. The second-order valence-electron chi connectivity index (χ2n) is 4.27. The summed E-state index contributed by atoms with van der Waals surface area (Å²) in [5.41, 5.74) is 0.827. The molecule has 0 aliphatic heterocycles. The molecule has 0 aliphatic rings. The van der Waals surface area contributed by atoms with Crippen LogP contribution in [0.4, 0.5) is 0 Å². The van der Waals surface area contributed by atoms with Gasteiger partial charge in [-0.05, 0) is 41.4 Å². The summed E-state index contributed by atoms with van der Waals surface area (Å²) in [4.78, 5) is 13.6. The van der Waals surface area contributed by atoms with Crippen molar-refractivity contribution < 1.29 is 19.1 Å². The number of amides is 1. The molecule has 20 heavy (non-hydrogen) atoms. The zero-order valence-corrected chi connectivity index (χ0v) is 11.8. The number of halogens is 1. The molecule has 1 aromatic heterocycles. The van der Waals surface area contributed by atoms with E-state index < -0.39 is 0 Å². The average molecular weight is 296 g/mol. The third-order valence-electron chi connectivity index (χ3n) is 2.79. The van der Waals surface area contributed by atoms with E-state index in [1.807, 2.05) is 0 Å². The molecule has 0 saturated carbocycles. The highest BCUT2D eigenvalue weighted by molar-refractivity contribution is 6.29. The van der Waals surface area contributed by atoms with Gasteiger partial charge in [0.05, 0.1) is 7.11 Å². The van der Waals surface area contributed by atoms with Crippen LogP contribution in [0.5, 0.6) is 11.5 Å². The molecule has 1 amide bonds. The number of methoxy groups -OCH3 is 1. The Kier molecular flexibility index (Phi) is 4.20. The predicted octanol–water partition coefficient (Wildman–Crippen LogP) is 2.92. The summed E-state index contributed by atoms with van der Waals surface area (Å²) in [5.74, 6) is 0.333. The SMILES string of the molecule is COc1cc(CN(C)C(=O)c2ccc(Cl)o2)ccc1O. The summed E-state index contributed by atoms with van der Waals surface area (Å²) >= 11 is 5.64. The molecule has 1 heterocycles. The molecule has 0 atom stereocenters. The van der Waals surface area contributed by atoms with Crippen LogP contribution in [0.25, 0.3) is 0 Å². The molecule has 0 saturated heterocycles. The Balaban J connectivity index is 2.11. The maximum absolute atomic E-state index is 12.1. The van der Waals surface area contributed by atoms with Gasteiger partial charge in [-0.1, -0.05) is 6.07 Å². The number of furan rings is 1. The van der Waals surface area contributed by atoms with E-state index in [2.05, 4.69) is 0 Å². The lowest BCUT2D eigenvalue weighted by Crippen LogP contribution is -2.25. The predicted molar refractivity (Wildman–Crippen MR) is 74.2 cm³/mol. The largest absolute Gasteiger partial charge is 0.504 e. The Hall–Kier alpha value is -2.14. The van der Waals surface area contributed by atoms with Crippen molar-refractivity contribution >= 4 is 17.5 Å². The molecule has 2 rings (SSSR count). The van der Waals surface area contributed by atoms with Crippen molar-refractivity contribution in [3.63, 3.8) is 0 Å². The minimum Gasteiger partial charge on any atom is -0.504 e. The Labute approximate surface area is 121 Å². The molecule has 1 N–H and O–H groups in total. The molecule has 6 heteroatoms. The molecule has 0 fully saturated rings. The standard InChI is InChI=1S/C14H14ClNO4/c1-16(14(18)11-5-6-13(15)20-11)8-9-3-4-10(17)12(7-9)19-2/h3-7,17H,8H2,1-2H3. The zero-order valence-electron chi connectivity index (χ0n) is 11.1. The van der Waals surface area contributed by atoms with Crippen molar-refractivity contribution in [3.8, 4) is 11.5 Å². The topological polar surface area (TPSA) is 62.9 Å². The van der Waals surface area contributed by atoms with E-state index in [1.54, 1.807) is 19.2 Å². The number of hydrogen-bond donors (Lipinski definition) is 1. The minimum atomic E-state index is -0.274. The van der Waals surface area contributed by atoms with Gasteiger partial charge < -0.3 is 19.2 Å². The first-order chi connectivity index (χ1) is 9.51. The van der Waals surface area contributed by atoms with Gasteiger partial charge in [0.25, 0.3) is 5.91 Å². The third-order valence-corrected chi connectivity index (χ3v) is 3.00. The molecule has 0 unspecified atom stereocenters. The van der Waals surface area contributed by atoms with E-state index >= 15 is 0 Å². The number of benzene rings is 1. The lowest BCUT2D eigenvalue weighted by molar-refractivity contribution is 0.0753. The average Bonchev–Trinajstić information content (AvgIpc) is 2.86. The van der Waals surface area contributed by atoms with E-state index in [-0.39, 0.29) is 22.6 Å². The number of rotatable bonds is 4. The minimum absolute atomic E-state index is 0.0584. The van der Waals surface area contributed by atoms with Crippen LogP contribution in [-0.2, 0) is 6.54 Å². The Morgan fingerprint density at radius 3 is 2.75 bits per heavy atom. The van der Waals surface area contributed by atoms with Gasteiger partial charge in [-0.2, -0.15) is 0 Å². The molecular formula is C14H14ClNO4. The fraction of sp³-hybridized carbons (Fsp3) is 0.214. The number of nitrogens with zero attached hydrogens (tertiary/aromatic N) is 1. The molecular weight excluding hydrogens is 282 g/mol. The molecule has 2 aromatic rings. The van der Waals surface area contributed by atoms with Crippen LogP contribution in [0.3, 0.4) is 0 Å². The second kappa shape index (κ2) is 5.88. The first-order valence-electron chi connectivity index (χ1n) is 5.88. The van der Waals surface area contributed by atoms with Gasteiger partial charge >= 0.3 is 0 Å². The van der Waals surface area contributed by atoms with Crippen LogP contribution < -0.4 is 4.74 Å². The van der Waals surface area contributed by atoms with Crippen LogP contribution in [0.1, 0.15) is 16.1 Å². The van der Waals surface area contributed by atoms with E-state index in [0.29, 0.717) is 12.3 Å². The van der Waals surface area contributed by atoms with Crippen molar-refractivity contribution in [2.75, 3.05) is 14.2 Å². The molecule has 5 nitrogen and oxygen atoms in total. The Morgan fingerprint density at radius 2 is 2.15 bits per heavy atom. The summed E-state index contributed by atoms with van der Waals surface area (Å²) in [5, 5.41) is 9.70. The van der Waals surface area contributed by atoms with Gasteiger partial charge in [0.1, 0.15) is 0 Å². The summed E-state index contributed by atoms with van der Waals surface area (Å²) < 4.78 is 10.1. The molecule has 0 aliphatic carbocycles. The van der Waals surface area contributed by atoms with Gasteiger partial charge in [-0.15, -0.1) is 0 Å². The smallest absolute Gasteiger partial charge is 0.289 e. The number of phenolic OH excluding ortho intramolecular Hbond substituents is 1. The summed E-state index contributed by atoms with van der Waals surface area (Å²) in [6.07, 6.45) is 0. The third kappa shape index (κ3) is 3.05. The van der Waals surface area contributed by atoms with Crippen molar-refractivity contribution in [3.05, 3.63) is 46.9 Å². The fourth-order valence-electron chi connectivity index (χ4n) is 1.78. The van der Waals surface area contributed by atoms with Gasteiger partial charge in [0, 0.05) is 13.6 Å². The zero-order chi connectivity index (χ0) is 14.7. The van der Waals surface area contributed by atoms with Crippen LogP contribution in [0.2, 0.25) is 5.22 Å². The van der Waals surface area contributed by atoms with Crippen LogP contribution in [0.15, 0.2) is 34.7 Å². The Morgan fingerprint density at radius 1 is 1.40 bits per heavy atom. The molecule has 106 valence electrons. The second-order valence-corrected chi connectivity index (χ2v) is 4.64. The van der Waals surface area contributed by atoms with Crippen molar-refractivity contribution in [1.29, 1.82) is 0 Å². The van der Waals surface area contributed by atoms with Gasteiger partial charge in [0.15, 0.2) is 22.5 Å². The van der Waals surface area contributed by atoms with Gasteiger partial charge in [-0.3, -0.25) is 4.79 Å². The highest BCUT2D eigenvalue weighted by Crippen LogP contribution is 2.27. The summed E-state index contributed by atoms with van der Waals surface area (Å²) in [6.45, 7) is 0.355. The van der Waals surface area contributed by atoms with Crippen molar-refractivity contribution in [2.24, 2.45) is 0 Å². The highest BCUT2D eigenvalue weighted by atomic mass is 35.5. The lowest BCUT2D eigenvalue weighted by Gasteiger charge is -2.16. The first-order valence-corrected chi connectivity index (χ1v) is 6.25. The monoisotopic (exact) mass is 295 g/mol. The Bertz CT molecular complexity index is 623. The maximum atomic E-state index is 12.1. The molecule has 1 aromatic carbocycles. The van der Waals surface area contributed by atoms with Crippen LogP contribution in [-0.4, -0.2) is 30.1 Å². The van der Waals surface area contributed by atoms with Crippen molar-refractivity contribution in [1.82, 2.24) is 4.90 Å². The number of carbonyl (C=O) groups is 1. The number of aromatic hydroxyl groups is 1. The molecule has 0 spiro atoms. The number of ether oxygens (including phenoxy) is 1. The van der Waals surface area contributed by atoms with Gasteiger partial charge in [0.2, 0.25) is 0 Å². The van der Waals surface area contributed by atoms with Gasteiger partial charge in [-0.25, -0.2) is 0 Å². The van der Waals surface area contributed by atoms with E-state index in [1.165, 1.54) is 30.2 Å². The number of phenols is 1. The quantitative estimate of drug-likeness (QED) is 0.942. The molecule has 0 radical (unpaired) electrons. The normalized spacial score (nSPS) is 10.3. The van der Waals surface area contributed by atoms with E-state index in [0.717, 1.165) is 5.56 Å². The maximum Gasteiger partial charge on any atom is 0.289 e. The van der Waals surface area contributed by atoms with Crippen LogP contribution >= 0.6 is 11.6 Å². The number of carbonyl (C=O) groups excluding carboxylic acids is 1. The first kappa shape index (κ1) is 14.3. The lowest BCUT2D eigenvalue weighted by atomic mass is 10.2. The van der Waals surface area contributed by atoms with E-state index in [4.69, 9.17) is 20.8 Å². The van der Waals surface area contributed by atoms with E-state index in [9.17, 15) is 9.90 Å². The number of hydrogen-bond acceptors (Lipinski definition) is 4. The highest BCUT2D eigenvalue weighted by Gasteiger charge is 2.16. The van der Waals surface area contributed by atoms with Crippen LogP contribution in [0, 0.1) is 0 Å². The summed E-state index contributed by atoms with van der Waals surface area (Å²) in [7, 11) is 3.12.